The van der Waals surface area contributed by atoms with Gasteiger partial charge >= 0.3 is 5.97 Å². The summed E-state index contributed by atoms with van der Waals surface area (Å²) in [4.78, 5) is 24.6. The molecule has 0 aliphatic heterocycles. The summed E-state index contributed by atoms with van der Waals surface area (Å²) in [5.41, 5.74) is 6.86. The van der Waals surface area contributed by atoms with Crippen molar-refractivity contribution in [3.8, 4) is 0 Å². The van der Waals surface area contributed by atoms with Gasteiger partial charge in [0.15, 0.2) is 0 Å². The number of amides is 1. The molecule has 0 fully saturated rings. The standard InChI is InChI=1S/C14H21N3O3/c1-9(2)16-14(20)10(3)17(8-13(18)19)12-7-5-4-6-11(12)15/h4-7,9-10H,8,15H2,1-3H3,(H,16,20)(H,18,19). The van der Waals surface area contributed by atoms with Crippen molar-refractivity contribution in [3.05, 3.63) is 24.3 Å². The highest BCUT2D eigenvalue weighted by Crippen LogP contribution is 2.24. The molecular formula is C14H21N3O3. The first-order valence-corrected chi connectivity index (χ1v) is 6.46. The molecule has 6 heteroatoms. The van der Waals surface area contributed by atoms with E-state index in [1.807, 2.05) is 13.8 Å². The highest BCUT2D eigenvalue weighted by Gasteiger charge is 2.25. The number of benzene rings is 1. The van der Waals surface area contributed by atoms with Crippen LogP contribution in [-0.4, -0.2) is 35.6 Å². The van der Waals surface area contributed by atoms with Gasteiger partial charge in [-0.2, -0.15) is 0 Å². The van der Waals surface area contributed by atoms with Crippen molar-refractivity contribution in [1.29, 1.82) is 0 Å². The molecule has 1 unspecified atom stereocenters. The highest BCUT2D eigenvalue weighted by atomic mass is 16.4. The minimum atomic E-state index is -1.02. The van der Waals surface area contributed by atoms with E-state index >= 15 is 0 Å². The van der Waals surface area contributed by atoms with Crippen LogP contribution in [-0.2, 0) is 9.59 Å². The normalized spacial score (nSPS) is 12.0. The third-order valence-electron chi connectivity index (χ3n) is 2.83. The lowest BCUT2D eigenvalue weighted by atomic mass is 10.1. The van der Waals surface area contributed by atoms with Crippen molar-refractivity contribution in [1.82, 2.24) is 5.32 Å². The topological polar surface area (TPSA) is 95.7 Å². The van der Waals surface area contributed by atoms with Crippen molar-refractivity contribution in [2.75, 3.05) is 17.2 Å². The van der Waals surface area contributed by atoms with Crippen molar-refractivity contribution in [2.24, 2.45) is 0 Å². The van der Waals surface area contributed by atoms with Crippen molar-refractivity contribution >= 4 is 23.3 Å². The first kappa shape index (κ1) is 15.8. The number of nitrogens with zero attached hydrogens (tertiary/aromatic N) is 1. The van der Waals surface area contributed by atoms with E-state index in [0.29, 0.717) is 11.4 Å². The molecular weight excluding hydrogens is 258 g/mol. The van der Waals surface area contributed by atoms with Crippen LogP contribution in [0.25, 0.3) is 0 Å². The van der Waals surface area contributed by atoms with Gasteiger partial charge in [0, 0.05) is 6.04 Å². The van der Waals surface area contributed by atoms with Gasteiger partial charge in [0.05, 0.1) is 11.4 Å². The van der Waals surface area contributed by atoms with E-state index in [4.69, 9.17) is 10.8 Å². The monoisotopic (exact) mass is 279 g/mol. The molecule has 1 amide bonds. The summed E-state index contributed by atoms with van der Waals surface area (Å²) in [7, 11) is 0. The molecule has 0 aliphatic carbocycles. The Balaban J connectivity index is 3.03. The van der Waals surface area contributed by atoms with Crippen molar-refractivity contribution in [2.45, 2.75) is 32.9 Å². The Morgan fingerprint density at radius 2 is 1.90 bits per heavy atom. The van der Waals surface area contributed by atoms with Crippen LogP contribution in [0.2, 0.25) is 0 Å². The summed E-state index contributed by atoms with van der Waals surface area (Å²) in [5, 5.41) is 11.8. The number of nitrogen functional groups attached to an aromatic ring is 1. The maximum atomic E-state index is 12.1. The average Bonchev–Trinajstić information content (AvgIpc) is 2.35. The molecule has 20 heavy (non-hydrogen) atoms. The zero-order valence-corrected chi connectivity index (χ0v) is 12.0. The molecule has 0 aliphatic rings. The third kappa shape index (κ3) is 4.15. The van der Waals surface area contributed by atoms with E-state index in [0.717, 1.165) is 0 Å². The zero-order chi connectivity index (χ0) is 15.3. The van der Waals surface area contributed by atoms with Crippen LogP contribution in [0.5, 0.6) is 0 Å². The molecule has 6 nitrogen and oxygen atoms in total. The van der Waals surface area contributed by atoms with E-state index in [9.17, 15) is 9.59 Å². The second kappa shape index (κ2) is 6.79. The van der Waals surface area contributed by atoms with Crippen molar-refractivity contribution in [3.63, 3.8) is 0 Å². The van der Waals surface area contributed by atoms with Gasteiger partial charge in [-0.25, -0.2) is 0 Å². The van der Waals surface area contributed by atoms with Gasteiger partial charge in [-0.1, -0.05) is 12.1 Å². The number of nitrogens with two attached hydrogens (primary N) is 1. The molecule has 0 radical (unpaired) electrons. The number of carboxylic acids is 1. The predicted octanol–water partition coefficient (Wildman–Crippen LogP) is 1.07. The van der Waals surface area contributed by atoms with E-state index in [2.05, 4.69) is 5.32 Å². The SMILES string of the molecule is CC(C)NC(=O)C(C)N(CC(=O)O)c1ccccc1N. The third-order valence-corrected chi connectivity index (χ3v) is 2.83. The number of nitrogens with one attached hydrogen (secondary N) is 1. The lowest BCUT2D eigenvalue weighted by molar-refractivity contribution is -0.135. The molecule has 1 aromatic carbocycles. The lowest BCUT2D eigenvalue weighted by Gasteiger charge is -2.30. The Kier molecular flexibility index (Phi) is 5.37. The number of hydrogen-bond acceptors (Lipinski definition) is 4. The summed E-state index contributed by atoms with van der Waals surface area (Å²) in [6.45, 7) is 5.07. The fraction of sp³-hybridized carbons (Fsp3) is 0.429. The van der Waals surface area contributed by atoms with Gasteiger partial charge < -0.3 is 21.1 Å². The lowest BCUT2D eigenvalue weighted by Crippen LogP contribution is -2.49. The number of para-hydroxylation sites is 2. The van der Waals surface area contributed by atoms with Crippen LogP contribution in [0.15, 0.2) is 24.3 Å². The molecule has 4 N–H and O–H groups in total. The molecule has 110 valence electrons. The average molecular weight is 279 g/mol. The number of aliphatic carboxylic acids is 1. The fourth-order valence-corrected chi connectivity index (χ4v) is 1.87. The molecule has 1 atom stereocenters. The zero-order valence-electron chi connectivity index (χ0n) is 12.0. The van der Waals surface area contributed by atoms with Crippen LogP contribution < -0.4 is 16.0 Å². The number of carboxylic acid groups (broad SMARTS) is 1. The highest BCUT2D eigenvalue weighted by molar-refractivity contribution is 5.88. The number of carbonyl (C=O) groups excluding carboxylic acids is 1. The summed E-state index contributed by atoms with van der Waals surface area (Å²) in [5.74, 6) is -1.25. The second-order valence-electron chi connectivity index (χ2n) is 4.92. The number of carbonyl (C=O) groups is 2. The smallest absolute Gasteiger partial charge is 0.323 e. The molecule has 1 aromatic rings. The van der Waals surface area contributed by atoms with Gasteiger partial charge in [-0.3, -0.25) is 9.59 Å². The predicted molar refractivity (Wildman–Crippen MR) is 78.6 cm³/mol. The molecule has 1 rings (SSSR count). The van der Waals surface area contributed by atoms with E-state index in [1.54, 1.807) is 31.2 Å². The Labute approximate surface area is 118 Å². The Bertz CT molecular complexity index is 488. The molecule has 0 heterocycles. The van der Waals surface area contributed by atoms with Gasteiger partial charge in [0.25, 0.3) is 0 Å². The molecule has 0 saturated heterocycles. The molecule has 0 bridgehead atoms. The fourth-order valence-electron chi connectivity index (χ4n) is 1.87. The Hall–Kier alpha value is -2.24. The largest absolute Gasteiger partial charge is 0.480 e. The molecule has 0 aromatic heterocycles. The Morgan fingerprint density at radius 1 is 1.30 bits per heavy atom. The van der Waals surface area contributed by atoms with Crippen LogP contribution in [0.4, 0.5) is 11.4 Å². The van der Waals surface area contributed by atoms with Gasteiger partial charge in [0.1, 0.15) is 12.6 Å². The van der Waals surface area contributed by atoms with E-state index < -0.39 is 12.0 Å². The van der Waals surface area contributed by atoms with Crippen LogP contribution in [0.3, 0.4) is 0 Å². The summed E-state index contributed by atoms with van der Waals surface area (Å²) >= 11 is 0. The quantitative estimate of drug-likeness (QED) is 0.677. The van der Waals surface area contributed by atoms with E-state index in [1.165, 1.54) is 4.90 Å². The maximum absolute atomic E-state index is 12.1. The molecule has 0 saturated carbocycles. The van der Waals surface area contributed by atoms with Gasteiger partial charge in [-0.05, 0) is 32.9 Å². The minimum Gasteiger partial charge on any atom is -0.480 e. The second-order valence-corrected chi connectivity index (χ2v) is 4.92. The van der Waals surface area contributed by atoms with Crippen molar-refractivity contribution < 1.29 is 14.7 Å². The van der Waals surface area contributed by atoms with Crippen LogP contribution >= 0.6 is 0 Å². The maximum Gasteiger partial charge on any atom is 0.323 e. The summed E-state index contributed by atoms with van der Waals surface area (Å²) < 4.78 is 0. The molecule has 0 spiro atoms. The van der Waals surface area contributed by atoms with Crippen LogP contribution in [0.1, 0.15) is 20.8 Å². The first-order valence-electron chi connectivity index (χ1n) is 6.46. The Morgan fingerprint density at radius 3 is 2.40 bits per heavy atom. The number of anilines is 2. The summed E-state index contributed by atoms with van der Waals surface area (Å²) in [6, 6.07) is 6.27. The number of rotatable bonds is 6. The number of hydrogen-bond donors (Lipinski definition) is 3. The van der Waals surface area contributed by atoms with E-state index in [-0.39, 0.29) is 18.5 Å². The van der Waals surface area contributed by atoms with Gasteiger partial charge in [0.2, 0.25) is 5.91 Å². The minimum absolute atomic E-state index is 0.00949. The summed E-state index contributed by atoms with van der Waals surface area (Å²) in [6.07, 6.45) is 0. The van der Waals surface area contributed by atoms with Gasteiger partial charge in [-0.15, -0.1) is 0 Å². The first-order chi connectivity index (χ1) is 9.32. The van der Waals surface area contributed by atoms with Crippen LogP contribution in [0, 0.1) is 0 Å².